The Morgan fingerprint density at radius 2 is 1.79 bits per heavy atom. The summed E-state index contributed by atoms with van der Waals surface area (Å²) in [4.78, 5) is -0.494. The number of hydrogen-bond acceptors (Lipinski definition) is 4. The number of halogens is 2. The topological polar surface area (TPSA) is 70.0 Å². The van der Waals surface area contributed by atoms with Crippen molar-refractivity contribution >= 4 is 9.84 Å². The van der Waals surface area contributed by atoms with Crippen LogP contribution in [0.2, 0.25) is 0 Å². The Kier molecular flexibility index (Phi) is 6.72. The van der Waals surface area contributed by atoms with Crippen LogP contribution in [0.25, 0.3) is 0 Å². The first-order chi connectivity index (χ1) is 13.4. The minimum atomic E-state index is -4.65. The Hall–Kier alpha value is -1.52. The van der Waals surface area contributed by atoms with Gasteiger partial charge in [-0.15, -0.1) is 0 Å². The molecule has 0 unspecified atom stereocenters. The molecule has 0 spiro atoms. The number of sulfone groups is 1. The molecule has 2 fully saturated rings. The maximum atomic E-state index is 12.7. The van der Waals surface area contributed by atoms with Crippen molar-refractivity contribution in [3.8, 4) is 6.07 Å². The van der Waals surface area contributed by atoms with Gasteiger partial charge >= 0.3 is 5.76 Å². The van der Waals surface area contributed by atoms with Gasteiger partial charge in [-0.05, 0) is 56.2 Å². The predicted octanol–water partition coefficient (Wildman–Crippen LogP) is 4.50. The predicted molar refractivity (Wildman–Crippen MR) is 103 cm³/mol. The van der Waals surface area contributed by atoms with Gasteiger partial charge in [-0.3, -0.25) is 0 Å². The molecule has 0 saturated heterocycles. The molecule has 1 aromatic carbocycles. The summed E-state index contributed by atoms with van der Waals surface area (Å²) < 4.78 is 48.7. The lowest BCUT2D eigenvalue weighted by molar-refractivity contribution is 0.223. The highest BCUT2D eigenvalue weighted by molar-refractivity contribution is 7.91. The fourth-order valence-electron chi connectivity index (χ4n) is 4.67. The standard InChI is InChI=1S/C21H27F2N2O2S/c22-20(23)28(26,27)19-8-6-16(7-9-19)21(14-15-24)12-10-18(11-13-21)25-17-4-2-1-3-5-17/h6-8,17-18,20,25H,1-5,10-14H2. The van der Waals surface area contributed by atoms with Crippen LogP contribution in [0.4, 0.5) is 8.78 Å². The molecule has 0 atom stereocenters. The average Bonchev–Trinajstić information content (AvgIpc) is 2.70. The number of rotatable bonds is 6. The first-order valence-corrected chi connectivity index (χ1v) is 11.6. The second-order valence-electron chi connectivity index (χ2n) is 8.14. The van der Waals surface area contributed by atoms with Crippen LogP contribution < -0.4 is 5.32 Å². The van der Waals surface area contributed by atoms with E-state index in [-0.39, 0.29) is 5.41 Å². The van der Waals surface area contributed by atoms with Gasteiger partial charge in [-0.25, -0.2) is 8.42 Å². The number of nitriles is 1. The summed E-state index contributed by atoms with van der Waals surface area (Å²) in [5, 5.41) is 13.1. The molecule has 4 nitrogen and oxygen atoms in total. The molecule has 2 saturated carbocycles. The van der Waals surface area contributed by atoms with Gasteiger partial charge in [0.25, 0.3) is 0 Å². The highest BCUT2D eigenvalue weighted by Gasteiger charge is 2.38. The largest absolute Gasteiger partial charge is 0.341 e. The van der Waals surface area contributed by atoms with Gasteiger partial charge in [0.05, 0.1) is 11.0 Å². The maximum Gasteiger partial charge on any atom is 0.341 e. The van der Waals surface area contributed by atoms with Crippen LogP contribution in [-0.2, 0) is 15.3 Å². The molecule has 28 heavy (non-hydrogen) atoms. The number of nitrogens with zero attached hydrogens (tertiary/aromatic N) is 1. The van der Waals surface area contributed by atoms with Gasteiger partial charge in [0.15, 0.2) is 0 Å². The molecule has 153 valence electrons. The highest BCUT2D eigenvalue weighted by atomic mass is 32.2. The van der Waals surface area contributed by atoms with Crippen molar-refractivity contribution in [1.82, 2.24) is 5.32 Å². The van der Waals surface area contributed by atoms with Gasteiger partial charge in [0, 0.05) is 30.0 Å². The summed E-state index contributed by atoms with van der Waals surface area (Å²) in [6, 6.07) is 10.1. The Balaban J connectivity index is 1.70. The van der Waals surface area contributed by atoms with Crippen LogP contribution in [0.5, 0.6) is 0 Å². The molecule has 7 heteroatoms. The summed E-state index contributed by atoms with van der Waals surface area (Å²) in [5.74, 6) is -3.45. The number of benzene rings is 1. The summed E-state index contributed by atoms with van der Waals surface area (Å²) in [7, 11) is -4.65. The zero-order valence-electron chi connectivity index (χ0n) is 16.0. The van der Waals surface area contributed by atoms with Gasteiger partial charge in [0.1, 0.15) is 0 Å². The average molecular weight is 410 g/mol. The van der Waals surface area contributed by atoms with Crippen LogP contribution in [-0.4, -0.2) is 26.3 Å². The zero-order valence-corrected chi connectivity index (χ0v) is 16.8. The van der Waals surface area contributed by atoms with E-state index in [9.17, 15) is 22.5 Å². The minimum Gasteiger partial charge on any atom is -0.311 e. The van der Waals surface area contributed by atoms with Crippen molar-refractivity contribution in [2.45, 2.75) is 92.4 Å². The van der Waals surface area contributed by atoms with Crippen molar-refractivity contribution in [3.63, 3.8) is 0 Å². The van der Waals surface area contributed by atoms with E-state index in [1.54, 1.807) is 6.07 Å². The summed E-state index contributed by atoms with van der Waals surface area (Å²) >= 11 is 0. The van der Waals surface area contributed by atoms with Gasteiger partial charge in [0.2, 0.25) is 9.84 Å². The van der Waals surface area contributed by atoms with E-state index >= 15 is 0 Å². The third-order valence-corrected chi connectivity index (χ3v) is 7.71. The molecular formula is C21H27F2N2O2S. The second kappa shape index (κ2) is 8.87. The molecule has 2 aliphatic rings. The van der Waals surface area contributed by atoms with E-state index in [1.165, 1.54) is 44.2 Å². The quantitative estimate of drug-likeness (QED) is 0.751. The first-order valence-electron chi connectivity index (χ1n) is 10.0. The molecule has 3 rings (SSSR count). The lowest BCUT2D eigenvalue weighted by atomic mass is 9.66. The summed E-state index contributed by atoms with van der Waals surface area (Å²) in [6.45, 7) is 0. The van der Waals surface area contributed by atoms with Crippen LogP contribution in [0.1, 0.15) is 69.8 Å². The molecular weight excluding hydrogens is 382 g/mol. The Labute approximate surface area is 166 Å². The lowest BCUT2D eigenvalue weighted by Gasteiger charge is -2.41. The summed E-state index contributed by atoms with van der Waals surface area (Å²) in [6.07, 6.45) is 10.2. The van der Waals surface area contributed by atoms with E-state index in [0.29, 0.717) is 18.5 Å². The van der Waals surface area contributed by atoms with E-state index < -0.39 is 20.5 Å². The fourth-order valence-corrected chi connectivity index (χ4v) is 5.34. The van der Waals surface area contributed by atoms with Gasteiger partial charge < -0.3 is 5.32 Å². The third-order valence-electron chi connectivity index (χ3n) is 6.37. The van der Waals surface area contributed by atoms with Gasteiger partial charge in [-0.1, -0.05) is 25.3 Å². The maximum absolute atomic E-state index is 12.7. The van der Waals surface area contributed by atoms with Crippen LogP contribution in [0.15, 0.2) is 23.1 Å². The van der Waals surface area contributed by atoms with Crippen LogP contribution >= 0.6 is 0 Å². The normalized spacial score (nSPS) is 26.9. The smallest absolute Gasteiger partial charge is 0.311 e. The number of alkyl halides is 2. The minimum absolute atomic E-state index is 0.331. The first kappa shape index (κ1) is 21.2. The molecule has 0 bridgehead atoms. The van der Waals surface area contributed by atoms with Crippen molar-refractivity contribution in [2.24, 2.45) is 0 Å². The van der Waals surface area contributed by atoms with E-state index in [2.05, 4.69) is 17.5 Å². The van der Waals surface area contributed by atoms with Crippen LogP contribution in [0.3, 0.4) is 0 Å². The second-order valence-corrected chi connectivity index (χ2v) is 10.0. The van der Waals surface area contributed by atoms with E-state index in [4.69, 9.17) is 0 Å². The van der Waals surface area contributed by atoms with Crippen molar-refractivity contribution in [2.75, 3.05) is 0 Å². The molecule has 2 aliphatic carbocycles. The molecule has 0 aliphatic heterocycles. The van der Waals surface area contributed by atoms with E-state index in [1.807, 2.05) is 0 Å². The number of hydrogen-bond donors (Lipinski definition) is 1. The highest BCUT2D eigenvalue weighted by Crippen LogP contribution is 2.42. The Morgan fingerprint density at radius 1 is 1.14 bits per heavy atom. The Bertz CT molecular complexity index is 789. The molecule has 0 aromatic heterocycles. The molecule has 1 radical (unpaired) electrons. The van der Waals surface area contributed by atoms with Crippen molar-refractivity contribution in [3.05, 3.63) is 29.8 Å². The molecule has 1 N–H and O–H groups in total. The zero-order chi connectivity index (χ0) is 20.2. The molecule has 0 heterocycles. The summed E-state index contributed by atoms with van der Waals surface area (Å²) in [5.41, 5.74) is 0.460. The van der Waals surface area contributed by atoms with Crippen LogP contribution in [0, 0.1) is 17.4 Å². The third kappa shape index (κ3) is 4.55. The fraction of sp³-hybridized carbons (Fsp3) is 0.667. The number of nitrogens with one attached hydrogen (secondary N) is 1. The molecule has 0 amide bonds. The van der Waals surface area contributed by atoms with E-state index in [0.717, 1.165) is 31.2 Å². The van der Waals surface area contributed by atoms with Gasteiger partial charge in [-0.2, -0.15) is 14.0 Å². The van der Waals surface area contributed by atoms with Crippen molar-refractivity contribution < 1.29 is 17.2 Å². The van der Waals surface area contributed by atoms with Crippen molar-refractivity contribution in [1.29, 1.82) is 5.26 Å². The SMILES string of the molecule is N#CCC1(c2c[c]c(S(=O)(=O)C(F)F)cc2)CCC(NC2CCCCC2)CC1. The molecule has 1 aromatic rings. The Morgan fingerprint density at radius 3 is 2.32 bits per heavy atom. The lowest BCUT2D eigenvalue weighted by Crippen LogP contribution is -2.44. The monoisotopic (exact) mass is 409 g/mol.